The van der Waals surface area contributed by atoms with Gasteiger partial charge in [-0.3, -0.25) is 0 Å². The van der Waals surface area contributed by atoms with Gasteiger partial charge in [-0.15, -0.1) is 0 Å². The fraction of sp³-hybridized carbons (Fsp3) is 0.737. The Hall–Kier alpha value is -1.34. The molecule has 26 heavy (non-hydrogen) atoms. The van der Waals surface area contributed by atoms with Crippen LogP contribution in [-0.2, 0) is 10.0 Å². The lowest BCUT2D eigenvalue weighted by atomic mass is 9.70. The second kappa shape index (κ2) is 7.35. The lowest BCUT2D eigenvalue weighted by molar-refractivity contribution is 0.205. The topological polar surface area (TPSA) is 87.3 Å². The van der Waals surface area contributed by atoms with Gasteiger partial charge in [0.25, 0.3) is 10.0 Å². The minimum Gasteiger partial charge on any atom is -0.331 e. The van der Waals surface area contributed by atoms with E-state index in [0.29, 0.717) is 17.8 Å². The van der Waals surface area contributed by atoms with Gasteiger partial charge in [0.1, 0.15) is 0 Å². The van der Waals surface area contributed by atoms with Gasteiger partial charge in [0.15, 0.2) is 0 Å². The summed E-state index contributed by atoms with van der Waals surface area (Å²) >= 11 is 0. The van der Waals surface area contributed by atoms with Crippen molar-refractivity contribution in [2.45, 2.75) is 63.5 Å². The third-order valence-corrected chi connectivity index (χ3v) is 7.55. The van der Waals surface area contributed by atoms with E-state index < -0.39 is 16.1 Å². The van der Waals surface area contributed by atoms with Crippen molar-refractivity contribution in [1.29, 1.82) is 0 Å². The van der Waals surface area contributed by atoms with Crippen LogP contribution in [0.1, 0.15) is 51.4 Å². The van der Waals surface area contributed by atoms with Crippen LogP contribution < -0.4 is 15.4 Å². The SMILES string of the molecule is O=C(NC1C2=CCCC2CC2CCCC21)NS(=O)(=O)/C=C/C1CCCN1. The zero-order chi connectivity index (χ0) is 18.1. The van der Waals surface area contributed by atoms with E-state index in [9.17, 15) is 13.2 Å². The van der Waals surface area contributed by atoms with Gasteiger partial charge in [0.2, 0.25) is 0 Å². The highest BCUT2D eigenvalue weighted by molar-refractivity contribution is 7.92. The molecule has 0 aromatic rings. The summed E-state index contributed by atoms with van der Waals surface area (Å²) < 4.78 is 26.6. The molecule has 6 nitrogen and oxygen atoms in total. The predicted octanol–water partition coefficient (Wildman–Crippen LogP) is 2.41. The van der Waals surface area contributed by atoms with E-state index in [1.54, 1.807) is 6.08 Å². The van der Waals surface area contributed by atoms with Crippen molar-refractivity contribution in [3.05, 3.63) is 23.1 Å². The van der Waals surface area contributed by atoms with Gasteiger partial charge in [0, 0.05) is 11.4 Å². The Labute approximate surface area is 155 Å². The normalized spacial score (nSPS) is 36.6. The van der Waals surface area contributed by atoms with E-state index in [0.717, 1.165) is 37.6 Å². The molecule has 0 spiro atoms. The zero-order valence-electron chi connectivity index (χ0n) is 15.1. The average molecular weight is 380 g/mol. The van der Waals surface area contributed by atoms with Crippen LogP contribution in [-0.4, -0.2) is 33.1 Å². The molecule has 3 N–H and O–H groups in total. The molecular weight excluding hydrogens is 350 g/mol. The molecule has 0 radical (unpaired) electrons. The molecule has 3 aliphatic carbocycles. The summed E-state index contributed by atoms with van der Waals surface area (Å²) in [5.74, 6) is 1.71. The van der Waals surface area contributed by atoms with Gasteiger partial charge >= 0.3 is 6.03 Å². The Bertz CT molecular complexity index is 710. The highest BCUT2D eigenvalue weighted by Crippen LogP contribution is 2.50. The summed E-state index contributed by atoms with van der Waals surface area (Å²) in [6.07, 6.45) is 12.9. The molecular formula is C19H29N3O3S. The summed E-state index contributed by atoms with van der Waals surface area (Å²) in [6, 6.07) is -0.519. The monoisotopic (exact) mass is 379 g/mol. The highest BCUT2D eigenvalue weighted by Gasteiger charge is 2.44. The molecule has 0 aromatic carbocycles. The van der Waals surface area contributed by atoms with Crippen LogP contribution in [0.25, 0.3) is 0 Å². The van der Waals surface area contributed by atoms with Crippen molar-refractivity contribution in [3.8, 4) is 0 Å². The Morgan fingerprint density at radius 2 is 2.08 bits per heavy atom. The van der Waals surface area contributed by atoms with E-state index in [1.165, 1.54) is 31.3 Å². The summed E-state index contributed by atoms with van der Waals surface area (Å²) in [4.78, 5) is 12.4. The van der Waals surface area contributed by atoms with Crippen LogP contribution in [0.3, 0.4) is 0 Å². The number of carbonyl (C=O) groups is 1. The lowest BCUT2D eigenvalue weighted by Gasteiger charge is -2.39. The van der Waals surface area contributed by atoms with Crippen molar-refractivity contribution in [1.82, 2.24) is 15.4 Å². The highest BCUT2D eigenvalue weighted by atomic mass is 32.2. The molecule has 4 rings (SSSR count). The minimum absolute atomic E-state index is 0.000529. The molecule has 144 valence electrons. The Balaban J connectivity index is 1.40. The molecule has 2 saturated carbocycles. The molecule has 0 bridgehead atoms. The fourth-order valence-electron chi connectivity index (χ4n) is 5.43. The van der Waals surface area contributed by atoms with E-state index in [-0.39, 0.29) is 12.1 Å². The Kier molecular flexibility index (Phi) is 5.10. The van der Waals surface area contributed by atoms with Crippen molar-refractivity contribution in [3.63, 3.8) is 0 Å². The number of allylic oxidation sites excluding steroid dienone is 1. The molecule has 5 atom stereocenters. The second-order valence-electron chi connectivity index (χ2n) is 8.20. The first-order valence-corrected chi connectivity index (χ1v) is 11.5. The van der Waals surface area contributed by atoms with Crippen LogP contribution >= 0.6 is 0 Å². The van der Waals surface area contributed by atoms with Gasteiger partial charge in [-0.25, -0.2) is 17.9 Å². The molecule has 5 unspecified atom stereocenters. The largest absolute Gasteiger partial charge is 0.331 e. The number of rotatable bonds is 4. The number of amides is 2. The van der Waals surface area contributed by atoms with Crippen molar-refractivity contribution < 1.29 is 13.2 Å². The first-order chi connectivity index (χ1) is 12.5. The second-order valence-corrected chi connectivity index (χ2v) is 9.76. The number of sulfonamides is 1. The van der Waals surface area contributed by atoms with Crippen LogP contribution in [0.15, 0.2) is 23.1 Å². The first-order valence-electron chi connectivity index (χ1n) is 9.97. The van der Waals surface area contributed by atoms with Crippen molar-refractivity contribution in [2.24, 2.45) is 17.8 Å². The van der Waals surface area contributed by atoms with E-state index >= 15 is 0 Å². The molecule has 1 heterocycles. The van der Waals surface area contributed by atoms with Gasteiger partial charge in [-0.2, -0.15) is 0 Å². The number of urea groups is 1. The smallest absolute Gasteiger partial charge is 0.329 e. The molecule has 2 amide bonds. The van der Waals surface area contributed by atoms with Crippen LogP contribution in [0, 0.1) is 17.8 Å². The summed E-state index contributed by atoms with van der Waals surface area (Å²) in [5, 5.41) is 7.33. The zero-order valence-corrected chi connectivity index (χ0v) is 15.9. The third kappa shape index (κ3) is 3.83. The van der Waals surface area contributed by atoms with Crippen LogP contribution in [0.2, 0.25) is 0 Å². The van der Waals surface area contributed by atoms with Crippen LogP contribution in [0.5, 0.6) is 0 Å². The maximum absolute atomic E-state index is 12.4. The van der Waals surface area contributed by atoms with Gasteiger partial charge in [-0.05, 0) is 68.4 Å². The van der Waals surface area contributed by atoms with Gasteiger partial charge in [0.05, 0.1) is 6.04 Å². The quantitative estimate of drug-likeness (QED) is 0.655. The van der Waals surface area contributed by atoms with E-state index in [1.807, 2.05) is 0 Å². The molecule has 1 aliphatic heterocycles. The molecule has 3 fully saturated rings. The number of hydrogen-bond donors (Lipinski definition) is 3. The van der Waals surface area contributed by atoms with Gasteiger partial charge < -0.3 is 10.6 Å². The standard InChI is InChI=1S/C19H29N3O3S/c23-19(22-26(24,25)11-9-15-6-3-10-20-15)21-18-16-7-1-4-13(16)12-14-5-2-8-17(14)18/h7,9,11,13-15,17-18,20H,1-6,8,10,12H2,(H2,21,22,23)/b11-9+. The average Bonchev–Trinajstić information content (AvgIpc) is 3.33. The summed E-state index contributed by atoms with van der Waals surface area (Å²) in [7, 11) is -3.77. The first kappa shape index (κ1) is 18.0. The lowest BCUT2D eigenvalue weighted by Crippen LogP contribution is -2.51. The number of fused-ring (bicyclic) bond motifs is 2. The molecule has 1 saturated heterocycles. The predicted molar refractivity (Wildman–Crippen MR) is 101 cm³/mol. The van der Waals surface area contributed by atoms with Crippen LogP contribution in [0.4, 0.5) is 4.79 Å². The number of carbonyl (C=O) groups excluding carboxylic acids is 1. The summed E-state index contributed by atoms with van der Waals surface area (Å²) in [6.45, 7) is 0.906. The fourth-order valence-corrected chi connectivity index (χ4v) is 6.21. The van der Waals surface area contributed by atoms with Gasteiger partial charge in [-0.1, -0.05) is 25.0 Å². The number of nitrogens with one attached hydrogen (secondary N) is 3. The number of hydrogen-bond acceptors (Lipinski definition) is 4. The van der Waals surface area contributed by atoms with E-state index in [4.69, 9.17) is 0 Å². The minimum atomic E-state index is -3.77. The Morgan fingerprint density at radius 3 is 2.88 bits per heavy atom. The molecule has 0 aromatic heterocycles. The molecule has 7 heteroatoms. The maximum Gasteiger partial charge on any atom is 0.329 e. The van der Waals surface area contributed by atoms with Crippen molar-refractivity contribution in [2.75, 3.05) is 6.54 Å². The van der Waals surface area contributed by atoms with E-state index in [2.05, 4.69) is 21.4 Å². The van der Waals surface area contributed by atoms with Crippen molar-refractivity contribution >= 4 is 16.1 Å². The summed E-state index contributed by atoms with van der Waals surface area (Å²) in [5.41, 5.74) is 1.34. The molecule has 4 aliphatic rings. The maximum atomic E-state index is 12.4. The third-order valence-electron chi connectivity index (χ3n) is 6.57. The Morgan fingerprint density at radius 1 is 1.19 bits per heavy atom.